The summed E-state index contributed by atoms with van der Waals surface area (Å²) in [5.41, 5.74) is 3.82. The number of halogens is 2. The molecule has 0 bridgehead atoms. The van der Waals surface area contributed by atoms with E-state index in [-0.39, 0.29) is 11.9 Å². The van der Waals surface area contributed by atoms with Crippen LogP contribution in [0.1, 0.15) is 53.3 Å². The van der Waals surface area contributed by atoms with Gasteiger partial charge in [-0.05, 0) is 55.2 Å². The average Bonchev–Trinajstić information content (AvgIpc) is 3.21. The van der Waals surface area contributed by atoms with Gasteiger partial charge in [0.1, 0.15) is 19.0 Å². The molecule has 2 unspecified atom stereocenters. The molecule has 0 spiro atoms. The molecule has 1 fully saturated rings. The summed E-state index contributed by atoms with van der Waals surface area (Å²) in [6.45, 7) is 1.05. The van der Waals surface area contributed by atoms with Crippen LogP contribution >= 0.6 is 34.2 Å². The fourth-order valence-corrected chi connectivity index (χ4v) is 5.61. The highest BCUT2D eigenvalue weighted by Crippen LogP contribution is 2.35. The van der Waals surface area contributed by atoms with E-state index in [2.05, 4.69) is 50.7 Å². The fourth-order valence-electron chi connectivity index (χ4n) is 4.72. The van der Waals surface area contributed by atoms with Crippen LogP contribution in [0.25, 0.3) is 11.0 Å². The Morgan fingerprint density at radius 3 is 2.81 bits per heavy atom. The summed E-state index contributed by atoms with van der Waals surface area (Å²) in [5, 5.41) is 3.24. The maximum Gasteiger partial charge on any atom is 0.251 e. The van der Waals surface area contributed by atoms with Gasteiger partial charge in [0.15, 0.2) is 11.5 Å². The first-order valence-electron chi connectivity index (χ1n) is 11.0. The van der Waals surface area contributed by atoms with Crippen LogP contribution in [0.15, 0.2) is 36.4 Å². The van der Waals surface area contributed by atoms with Crippen molar-refractivity contribution >= 4 is 51.1 Å². The standard InChI is InChI=1S/C24H25ClIN3O3/c25-13-15-4-6-20-19(10-15)28-23(29(20)14-26)16-2-1-3-18(11-16)27-24(30)17-5-7-21-22(12-17)32-9-8-31-21/h4-7,10,12,16,18H,1-3,8-9,11,13-14H2,(H,27,30). The van der Waals surface area contributed by atoms with Crippen molar-refractivity contribution < 1.29 is 14.3 Å². The highest BCUT2D eigenvalue weighted by molar-refractivity contribution is 14.1. The van der Waals surface area contributed by atoms with Gasteiger partial charge in [-0.2, -0.15) is 0 Å². The van der Waals surface area contributed by atoms with Gasteiger partial charge in [-0.1, -0.05) is 35.1 Å². The molecule has 1 saturated carbocycles. The van der Waals surface area contributed by atoms with Crippen molar-refractivity contribution in [3.63, 3.8) is 0 Å². The molecule has 0 saturated heterocycles. The van der Waals surface area contributed by atoms with Crippen molar-refractivity contribution in [1.82, 2.24) is 14.9 Å². The van der Waals surface area contributed by atoms with Gasteiger partial charge in [0.25, 0.3) is 5.91 Å². The molecule has 2 heterocycles. The van der Waals surface area contributed by atoms with Crippen LogP contribution in [0.3, 0.4) is 0 Å². The molecule has 6 nitrogen and oxygen atoms in total. The maximum atomic E-state index is 12.9. The predicted molar refractivity (Wildman–Crippen MR) is 133 cm³/mol. The van der Waals surface area contributed by atoms with Gasteiger partial charge in [-0.15, -0.1) is 11.6 Å². The van der Waals surface area contributed by atoms with Crippen LogP contribution in [0.2, 0.25) is 0 Å². The summed E-state index contributed by atoms with van der Waals surface area (Å²) >= 11 is 8.42. The Balaban J connectivity index is 1.33. The molecule has 168 valence electrons. The van der Waals surface area contributed by atoms with Gasteiger partial charge in [-0.25, -0.2) is 4.98 Å². The first kappa shape index (κ1) is 21.8. The quantitative estimate of drug-likeness (QED) is 0.333. The van der Waals surface area contributed by atoms with Crippen LogP contribution in [0.4, 0.5) is 0 Å². The number of nitrogens with zero attached hydrogens (tertiary/aromatic N) is 2. The van der Waals surface area contributed by atoms with Crippen molar-refractivity contribution in [1.29, 1.82) is 0 Å². The number of amides is 1. The third kappa shape index (κ3) is 4.29. The van der Waals surface area contributed by atoms with Crippen LogP contribution < -0.4 is 14.8 Å². The largest absolute Gasteiger partial charge is 0.486 e. The Labute approximate surface area is 205 Å². The third-order valence-corrected chi connectivity index (χ3v) is 7.29. The minimum atomic E-state index is -0.0678. The van der Waals surface area contributed by atoms with Gasteiger partial charge >= 0.3 is 0 Å². The van der Waals surface area contributed by atoms with Crippen molar-refractivity contribution in [3.05, 3.63) is 53.3 Å². The molecule has 2 aromatic carbocycles. The monoisotopic (exact) mass is 565 g/mol. The number of hydrogen-bond acceptors (Lipinski definition) is 4. The normalized spacial score (nSPS) is 20.3. The van der Waals surface area contributed by atoms with Crippen LogP contribution in [0.5, 0.6) is 11.5 Å². The van der Waals surface area contributed by atoms with Crippen molar-refractivity contribution in [2.24, 2.45) is 0 Å². The molecule has 1 aliphatic carbocycles. The number of imidazole rings is 1. The number of hydrogen-bond donors (Lipinski definition) is 1. The van der Waals surface area contributed by atoms with Gasteiger partial charge < -0.3 is 19.4 Å². The number of rotatable bonds is 5. The summed E-state index contributed by atoms with van der Waals surface area (Å²) in [6.07, 6.45) is 4.01. The van der Waals surface area contributed by atoms with Gasteiger partial charge in [0.2, 0.25) is 0 Å². The van der Waals surface area contributed by atoms with E-state index in [1.54, 1.807) is 12.1 Å². The topological polar surface area (TPSA) is 65.4 Å². The van der Waals surface area contributed by atoms with Crippen LogP contribution in [0, 0.1) is 0 Å². The molecular weight excluding hydrogens is 541 g/mol. The lowest BCUT2D eigenvalue weighted by Gasteiger charge is -2.30. The lowest BCUT2D eigenvalue weighted by atomic mass is 9.85. The molecule has 8 heteroatoms. The number of fused-ring (bicyclic) bond motifs is 2. The third-order valence-electron chi connectivity index (χ3n) is 6.29. The summed E-state index contributed by atoms with van der Waals surface area (Å²) in [6, 6.07) is 11.8. The Kier molecular flexibility index (Phi) is 6.46. The summed E-state index contributed by atoms with van der Waals surface area (Å²) in [5.74, 6) is 3.18. The van der Waals surface area contributed by atoms with Crippen LogP contribution in [-0.4, -0.2) is 34.7 Å². The van der Waals surface area contributed by atoms with Gasteiger partial charge in [-0.3, -0.25) is 4.79 Å². The molecular formula is C24H25ClIN3O3. The first-order valence-corrected chi connectivity index (χ1v) is 13.0. The van der Waals surface area contributed by atoms with Crippen molar-refractivity contribution in [2.75, 3.05) is 13.2 Å². The average molecular weight is 566 g/mol. The lowest BCUT2D eigenvalue weighted by molar-refractivity contribution is 0.0923. The Hall–Kier alpha value is -2.00. The summed E-state index contributed by atoms with van der Waals surface area (Å²) in [7, 11) is 0. The Bertz CT molecular complexity index is 1150. The fraction of sp³-hybridized carbons (Fsp3) is 0.417. The smallest absolute Gasteiger partial charge is 0.251 e. The van der Waals surface area contributed by atoms with E-state index >= 15 is 0 Å². The van der Waals surface area contributed by atoms with Gasteiger partial charge in [0.05, 0.1) is 15.6 Å². The molecule has 1 N–H and O–H groups in total. The zero-order chi connectivity index (χ0) is 22.1. The van der Waals surface area contributed by atoms with E-state index < -0.39 is 0 Å². The maximum absolute atomic E-state index is 12.9. The Morgan fingerprint density at radius 1 is 1.16 bits per heavy atom. The molecule has 3 aromatic rings. The van der Waals surface area contributed by atoms with Crippen LogP contribution in [-0.2, 0) is 10.4 Å². The lowest BCUT2D eigenvalue weighted by Crippen LogP contribution is -2.38. The second kappa shape index (κ2) is 9.47. The number of alkyl halides is 2. The van der Waals surface area contributed by atoms with E-state index in [0.717, 1.165) is 52.7 Å². The molecule has 5 rings (SSSR count). The Morgan fingerprint density at radius 2 is 2.00 bits per heavy atom. The number of carbonyl (C=O) groups is 1. The minimum absolute atomic E-state index is 0.0678. The number of aromatic nitrogens is 2. The number of ether oxygens (including phenoxy) is 2. The SMILES string of the molecule is O=C(NC1CCCC(c2nc3cc(CCl)ccc3n2CI)C1)c1ccc2c(c1)OCCO2. The molecule has 1 aliphatic heterocycles. The predicted octanol–water partition coefficient (Wildman–Crippen LogP) is 5.40. The van der Waals surface area contributed by atoms with E-state index in [1.807, 2.05) is 6.07 Å². The number of benzene rings is 2. The molecule has 1 amide bonds. The number of nitrogens with one attached hydrogen (secondary N) is 1. The van der Waals surface area contributed by atoms with E-state index in [0.29, 0.717) is 42.1 Å². The zero-order valence-corrected chi connectivity index (χ0v) is 20.6. The molecule has 1 aromatic heterocycles. The molecule has 0 radical (unpaired) electrons. The summed E-state index contributed by atoms with van der Waals surface area (Å²) < 4.78 is 14.3. The van der Waals surface area contributed by atoms with E-state index in [4.69, 9.17) is 26.1 Å². The van der Waals surface area contributed by atoms with Crippen molar-refractivity contribution in [2.45, 2.75) is 48.1 Å². The molecule has 32 heavy (non-hydrogen) atoms. The van der Waals surface area contributed by atoms with E-state index in [1.165, 1.54) is 0 Å². The highest BCUT2D eigenvalue weighted by atomic mass is 127. The van der Waals surface area contributed by atoms with Crippen molar-refractivity contribution in [3.8, 4) is 11.5 Å². The molecule has 2 aliphatic rings. The number of carbonyl (C=O) groups excluding carboxylic acids is 1. The summed E-state index contributed by atoms with van der Waals surface area (Å²) in [4.78, 5) is 17.9. The second-order valence-corrected chi connectivity index (χ2v) is 9.32. The van der Waals surface area contributed by atoms with E-state index in [9.17, 15) is 4.79 Å². The minimum Gasteiger partial charge on any atom is -0.486 e. The second-order valence-electron chi connectivity index (χ2n) is 8.37. The van der Waals surface area contributed by atoms with Gasteiger partial charge in [0, 0.05) is 23.4 Å². The zero-order valence-electron chi connectivity index (χ0n) is 17.7. The highest BCUT2D eigenvalue weighted by Gasteiger charge is 2.29. The molecule has 2 atom stereocenters. The first-order chi connectivity index (χ1) is 15.7.